The Hall–Kier alpha value is -3.21. The second-order valence-electron chi connectivity index (χ2n) is 7.03. The summed E-state index contributed by atoms with van der Waals surface area (Å²) in [6, 6.07) is 6.48. The average Bonchev–Trinajstić information content (AvgIpc) is 3.45. The quantitative estimate of drug-likeness (QED) is 0.659. The summed E-state index contributed by atoms with van der Waals surface area (Å²) in [5, 5.41) is 24.9. The van der Waals surface area contributed by atoms with Crippen molar-refractivity contribution >= 4 is 29.1 Å². The van der Waals surface area contributed by atoms with Crippen LogP contribution in [0.5, 0.6) is 0 Å². The number of rotatable bonds is 5. The highest BCUT2D eigenvalue weighted by Crippen LogP contribution is 2.40. The number of hydrogen-bond donors (Lipinski definition) is 1. The highest BCUT2D eigenvalue weighted by atomic mass is 35.5. The molecule has 10 nitrogen and oxygen atoms in total. The fourth-order valence-electron chi connectivity index (χ4n) is 3.98. The van der Waals surface area contributed by atoms with Crippen molar-refractivity contribution in [3.63, 3.8) is 0 Å². The first-order valence-electron chi connectivity index (χ1n) is 8.93. The van der Waals surface area contributed by atoms with Gasteiger partial charge in [-0.15, -0.1) is 10.2 Å². The molecule has 1 N–H and O–H groups in total. The topological polar surface area (TPSA) is 113 Å². The first-order chi connectivity index (χ1) is 14.0. The minimum atomic E-state index is -1.07. The molecular formula is C17H15ClFN7O3. The molecule has 2 aliphatic heterocycles. The molecule has 3 aromatic rings. The first kappa shape index (κ1) is 17.9. The normalized spacial score (nSPS) is 20.6. The number of piperazine rings is 1. The molecule has 12 heteroatoms. The van der Waals surface area contributed by atoms with Gasteiger partial charge in [-0.1, -0.05) is 16.8 Å². The van der Waals surface area contributed by atoms with E-state index in [2.05, 4.69) is 30.4 Å². The number of aromatic nitrogens is 5. The third-order valence-electron chi connectivity index (χ3n) is 5.20. The lowest BCUT2D eigenvalue weighted by atomic mass is 10.2. The van der Waals surface area contributed by atoms with Gasteiger partial charge >= 0.3 is 5.97 Å². The molecule has 0 radical (unpaired) electrons. The molecule has 5 rings (SSSR count). The summed E-state index contributed by atoms with van der Waals surface area (Å²) in [6.45, 7) is 1.01. The third-order valence-corrected chi connectivity index (χ3v) is 5.52. The zero-order valence-corrected chi connectivity index (χ0v) is 15.7. The number of fused-ring (bicyclic) bond motifs is 2. The molecule has 0 amide bonds. The number of benzene rings is 1. The van der Waals surface area contributed by atoms with E-state index in [0.717, 1.165) is 11.2 Å². The molecule has 0 spiro atoms. The van der Waals surface area contributed by atoms with Crippen LogP contribution in [0.1, 0.15) is 6.42 Å². The zero-order chi connectivity index (χ0) is 20.1. The lowest BCUT2D eigenvalue weighted by Gasteiger charge is -2.35. The van der Waals surface area contributed by atoms with Crippen LogP contribution >= 0.6 is 11.6 Å². The molecule has 2 aromatic heterocycles. The van der Waals surface area contributed by atoms with E-state index in [1.165, 1.54) is 12.1 Å². The second kappa shape index (κ2) is 6.69. The lowest BCUT2D eigenvalue weighted by Crippen LogP contribution is -2.46. The fraction of sp³-hybridized carbons (Fsp3) is 0.353. The fourth-order valence-corrected chi connectivity index (χ4v) is 4.21. The van der Waals surface area contributed by atoms with E-state index in [0.29, 0.717) is 35.4 Å². The number of hydrogen-bond acceptors (Lipinski definition) is 8. The Morgan fingerprint density at radius 1 is 1.28 bits per heavy atom. The van der Waals surface area contributed by atoms with E-state index in [4.69, 9.17) is 21.2 Å². The number of carboxylic acids is 1. The summed E-state index contributed by atoms with van der Waals surface area (Å²) in [5.74, 6) is -0.254. The molecule has 4 heterocycles. The molecular weight excluding hydrogens is 405 g/mol. The van der Waals surface area contributed by atoms with Gasteiger partial charge in [0.15, 0.2) is 12.4 Å². The number of nitrogens with zero attached hydrogens (tertiary/aromatic N) is 7. The Bertz CT molecular complexity index is 1090. The van der Waals surface area contributed by atoms with E-state index in [1.807, 2.05) is 0 Å². The van der Waals surface area contributed by atoms with Gasteiger partial charge in [0.1, 0.15) is 5.82 Å². The molecule has 29 heavy (non-hydrogen) atoms. The van der Waals surface area contributed by atoms with Crippen LogP contribution in [0.2, 0.25) is 5.02 Å². The largest absolute Gasteiger partial charge is 0.480 e. The number of carbonyl (C=O) groups is 1. The zero-order valence-electron chi connectivity index (χ0n) is 14.9. The Labute approximate surface area is 168 Å². The highest BCUT2D eigenvalue weighted by Gasteiger charge is 2.45. The number of carboxylic acid groups (broad SMARTS) is 1. The molecule has 2 bridgehead atoms. The summed E-state index contributed by atoms with van der Waals surface area (Å²) in [4.78, 5) is 16.0. The monoisotopic (exact) mass is 419 g/mol. The van der Waals surface area contributed by atoms with Crippen LogP contribution in [0.3, 0.4) is 0 Å². The van der Waals surface area contributed by atoms with Crippen molar-refractivity contribution in [1.29, 1.82) is 0 Å². The van der Waals surface area contributed by atoms with Crippen LogP contribution < -0.4 is 9.80 Å². The summed E-state index contributed by atoms with van der Waals surface area (Å²) >= 11 is 6.26. The van der Waals surface area contributed by atoms with Gasteiger partial charge in [-0.3, -0.25) is 4.79 Å². The van der Waals surface area contributed by atoms with E-state index in [-0.39, 0.29) is 30.3 Å². The second-order valence-corrected chi connectivity index (χ2v) is 7.44. The van der Waals surface area contributed by atoms with Crippen LogP contribution in [0.4, 0.5) is 15.9 Å². The molecule has 2 atom stereocenters. The Balaban J connectivity index is 1.32. The third kappa shape index (κ3) is 3.16. The minimum Gasteiger partial charge on any atom is -0.480 e. The molecule has 0 aliphatic carbocycles. The standard InChI is InChI=1S/C17H15ClFN7O3/c18-12-2-1-9(19)3-13(12)24-6-11-4-10(24)7-25(11)15-5-14(29-22-15)17-20-23-26(21-17)8-16(27)28/h1-3,5,10-11H,4,6-8H2,(H,27,28)/t10-,11-/m0/s1. The van der Waals surface area contributed by atoms with Gasteiger partial charge in [-0.05, 0) is 29.8 Å². The Kier molecular flexibility index (Phi) is 4.12. The van der Waals surface area contributed by atoms with Crippen molar-refractivity contribution in [2.45, 2.75) is 25.0 Å². The van der Waals surface area contributed by atoms with Crippen molar-refractivity contribution in [3.05, 3.63) is 35.1 Å². The number of aliphatic carboxylic acids is 1. The van der Waals surface area contributed by atoms with Crippen LogP contribution in [0.15, 0.2) is 28.8 Å². The predicted octanol–water partition coefficient (Wildman–Crippen LogP) is 1.67. The van der Waals surface area contributed by atoms with Gasteiger partial charge in [0.05, 0.1) is 16.8 Å². The van der Waals surface area contributed by atoms with Crippen LogP contribution in [0, 0.1) is 5.82 Å². The van der Waals surface area contributed by atoms with Crippen LogP contribution in [-0.2, 0) is 11.3 Å². The SMILES string of the molecule is O=C(O)Cn1nnc(-c2cc(N3C[C@@H]4C[C@H]3CN4c3cc(F)ccc3Cl)no2)n1. The molecule has 0 unspecified atom stereocenters. The van der Waals surface area contributed by atoms with Gasteiger partial charge in [-0.25, -0.2) is 4.39 Å². The first-order valence-corrected chi connectivity index (χ1v) is 9.31. The summed E-state index contributed by atoms with van der Waals surface area (Å²) in [6.07, 6.45) is 0.905. The van der Waals surface area contributed by atoms with Gasteiger partial charge in [0.25, 0.3) is 0 Å². The van der Waals surface area contributed by atoms with Crippen molar-refractivity contribution in [3.8, 4) is 11.6 Å². The number of tetrazole rings is 1. The Morgan fingerprint density at radius 2 is 2.07 bits per heavy atom. The summed E-state index contributed by atoms with van der Waals surface area (Å²) < 4.78 is 19.0. The smallest absolute Gasteiger partial charge is 0.327 e. The van der Waals surface area contributed by atoms with Crippen molar-refractivity contribution in [2.24, 2.45) is 0 Å². The summed E-state index contributed by atoms with van der Waals surface area (Å²) in [7, 11) is 0. The number of halogens is 2. The van der Waals surface area contributed by atoms with Gasteiger partial charge in [-0.2, -0.15) is 4.80 Å². The van der Waals surface area contributed by atoms with E-state index < -0.39 is 5.97 Å². The van der Waals surface area contributed by atoms with Crippen molar-refractivity contribution < 1.29 is 18.8 Å². The molecule has 2 aliphatic rings. The van der Waals surface area contributed by atoms with Crippen molar-refractivity contribution in [1.82, 2.24) is 25.4 Å². The van der Waals surface area contributed by atoms with E-state index in [9.17, 15) is 9.18 Å². The maximum absolute atomic E-state index is 13.7. The van der Waals surface area contributed by atoms with Gasteiger partial charge in [0, 0.05) is 25.2 Å². The summed E-state index contributed by atoms with van der Waals surface area (Å²) in [5.41, 5.74) is 0.707. The predicted molar refractivity (Wildman–Crippen MR) is 99.2 cm³/mol. The van der Waals surface area contributed by atoms with Crippen molar-refractivity contribution in [2.75, 3.05) is 22.9 Å². The van der Waals surface area contributed by atoms with E-state index >= 15 is 0 Å². The molecule has 0 saturated carbocycles. The van der Waals surface area contributed by atoms with E-state index in [1.54, 1.807) is 12.1 Å². The maximum Gasteiger partial charge on any atom is 0.327 e. The van der Waals surface area contributed by atoms with Crippen LogP contribution in [0.25, 0.3) is 11.6 Å². The average molecular weight is 420 g/mol. The lowest BCUT2D eigenvalue weighted by molar-refractivity contribution is -0.138. The molecule has 2 saturated heterocycles. The highest BCUT2D eigenvalue weighted by molar-refractivity contribution is 6.33. The molecule has 150 valence electrons. The van der Waals surface area contributed by atoms with Crippen LogP contribution in [-0.4, -0.2) is 61.6 Å². The minimum absolute atomic E-state index is 0.169. The van der Waals surface area contributed by atoms with Gasteiger partial charge < -0.3 is 19.4 Å². The molecule has 2 fully saturated rings. The molecule has 1 aromatic carbocycles. The van der Waals surface area contributed by atoms with Gasteiger partial charge in [0.2, 0.25) is 11.6 Å². The Morgan fingerprint density at radius 3 is 2.83 bits per heavy atom. The number of anilines is 2. The maximum atomic E-state index is 13.7.